The van der Waals surface area contributed by atoms with E-state index in [1.54, 1.807) is 6.07 Å². The van der Waals surface area contributed by atoms with Gasteiger partial charge >= 0.3 is 6.03 Å². The molecular weight excluding hydrogens is 282 g/mol. The van der Waals surface area contributed by atoms with Gasteiger partial charge < -0.3 is 15.1 Å². The summed E-state index contributed by atoms with van der Waals surface area (Å²) in [6.45, 7) is 4.15. The topological polar surface area (TPSA) is 70.5 Å². The van der Waals surface area contributed by atoms with Gasteiger partial charge in [-0.05, 0) is 31.9 Å². The maximum Gasteiger partial charge on any atom is 0.317 e. The van der Waals surface area contributed by atoms with Gasteiger partial charge in [0.1, 0.15) is 0 Å². The molecule has 7 heteroatoms. The Bertz CT molecular complexity index is 604. The molecule has 2 amide bonds. The van der Waals surface area contributed by atoms with Crippen LogP contribution in [0.15, 0.2) is 10.9 Å². The molecule has 1 aromatic heterocycles. The van der Waals surface area contributed by atoms with Gasteiger partial charge in [0.15, 0.2) is 0 Å². The second-order valence-electron chi connectivity index (χ2n) is 6.05. The highest BCUT2D eigenvalue weighted by Gasteiger charge is 2.19. The molecule has 0 bridgehead atoms. The minimum atomic E-state index is -0.0745. The number of aromatic nitrogens is 2. The number of hydrogen-bond donors (Lipinski definition) is 1. The number of amides is 2. The molecule has 1 aromatic rings. The molecule has 0 aromatic carbocycles. The number of rotatable bonds is 3. The summed E-state index contributed by atoms with van der Waals surface area (Å²) in [6, 6.07) is 1.64. The normalized spacial score (nSPS) is 18.3. The summed E-state index contributed by atoms with van der Waals surface area (Å²) in [6.07, 6.45) is 2.98. The second-order valence-corrected chi connectivity index (χ2v) is 6.05. The average Bonchev–Trinajstić information content (AvgIpc) is 2.95. The van der Waals surface area contributed by atoms with E-state index in [2.05, 4.69) is 22.4 Å². The van der Waals surface area contributed by atoms with Crippen molar-refractivity contribution >= 4 is 6.03 Å². The monoisotopic (exact) mass is 305 g/mol. The zero-order valence-corrected chi connectivity index (χ0v) is 13.0. The fourth-order valence-electron chi connectivity index (χ4n) is 2.99. The number of aryl methyl sites for hydroxylation is 2. The van der Waals surface area contributed by atoms with Crippen molar-refractivity contribution in [1.29, 1.82) is 0 Å². The minimum Gasteiger partial charge on any atom is -0.336 e. The van der Waals surface area contributed by atoms with E-state index in [0.29, 0.717) is 13.1 Å². The Morgan fingerprint density at radius 1 is 1.27 bits per heavy atom. The maximum absolute atomic E-state index is 12.1. The van der Waals surface area contributed by atoms with E-state index in [1.165, 1.54) is 4.68 Å². The molecule has 1 fully saturated rings. The predicted molar refractivity (Wildman–Crippen MR) is 83.0 cm³/mol. The molecule has 7 nitrogen and oxygen atoms in total. The van der Waals surface area contributed by atoms with Crippen LogP contribution in [0.3, 0.4) is 0 Å². The summed E-state index contributed by atoms with van der Waals surface area (Å²) < 4.78 is 1.47. The lowest BCUT2D eigenvalue weighted by Gasteiger charge is -2.32. The molecule has 3 rings (SSSR count). The van der Waals surface area contributed by atoms with Crippen molar-refractivity contribution in [3.63, 3.8) is 0 Å². The number of nitrogens with one attached hydrogen (secondary N) is 1. The van der Waals surface area contributed by atoms with Gasteiger partial charge in [0.2, 0.25) is 0 Å². The lowest BCUT2D eigenvalue weighted by Crippen LogP contribution is -2.51. The molecule has 0 unspecified atom stereocenters. The first-order valence-corrected chi connectivity index (χ1v) is 7.95. The van der Waals surface area contributed by atoms with E-state index in [0.717, 1.165) is 56.7 Å². The van der Waals surface area contributed by atoms with Crippen LogP contribution in [0.5, 0.6) is 0 Å². The first-order valence-electron chi connectivity index (χ1n) is 7.95. The Kier molecular flexibility index (Phi) is 4.42. The van der Waals surface area contributed by atoms with Gasteiger partial charge in [-0.3, -0.25) is 4.79 Å². The Labute approximate surface area is 129 Å². The molecule has 2 aliphatic rings. The predicted octanol–water partition coefficient (Wildman–Crippen LogP) is -0.311. The molecule has 1 aliphatic carbocycles. The van der Waals surface area contributed by atoms with Gasteiger partial charge in [-0.2, -0.15) is 5.10 Å². The van der Waals surface area contributed by atoms with Gasteiger partial charge in [-0.15, -0.1) is 0 Å². The lowest BCUT2D eigenvalue weighted by atomic mass is 10.2. The van der Waals surface area contributed by atoms with Crippen molar-refractivity contribution in [2.24, 2.45) is 0 Å². The highest BCUT2D eigenvalue weighted by Crippen LogP contribution is 2.16. The number of carbonyl (C=O) groups excluding carboxylic acids is 1. The second kappa shape index (κ2) is 6.48. The van der Waals surface area contributed by atoms with Gasteiger partial charge in [-0.1, -0.05) is 0 Å². The van der Waals surface area contributed by atoms with Crippen LogP contribution in [-0.4, -0.2) is 65.4 Å². The van der Waals surface area contributed by atoms with Crippen LogP contribution in [0.1, 0.15) is 17.7 Å². The number of fused-ring (bicyclic) bond motifs is 1. The van der Waals surface area contributed by atoms with Gasteiger partial charge in [0, 0.05) is 38.8 Å². The van der Waals surface area contributed by atoms with Crippen molar-refractivity contribution in [1.82, 2.24) is 24.9 Å². The number of urea groups is 1. The van der Waals surface area contributed by atoms with Gasteiger partial charge in [0.05, 0.1) is 12.2 Å². The molecule has 1 saturated heterocycles. The van der Waals surface area contributed by atoms with E-state index >= 15 is 0 Å². The summed E-state index contributed by atoms with van der Waals surface area (Å²) in [5.74, 6) is 0. The Balaban J connectivity index is 1.51. The van der Waals surface area contributed by atoms with E-state index in [-0.39, 0.29) is 11.6 Å². The summed E-state index contributed by atoms with van der Waals surface area (Å²) in [7, 11) is 2.06. The number of likely N-dealkylation sites (N-methyl/N-ethyl adjacent to an activating group) is 1. The first kappa shape index (κ1) is 15.0. The van der Waals surface area contributed by atoms with Crippen LogP contribution in [0, 0.1) is 0 Å². The maximum atomic E-state index is 12.1. The minimum absolute atomic E-state index is 0.0534. The van der Waals surface area contributed by atoms with Crippen LogP contribution in [0.2, 0.25) is 0 Å². The van der Waals surface area contributed by atoms with Crippen molar-refractivity contribution in [2.75, 3.05) is 39.8 Å². The summed E-state index contributed by atoms with van der Waals surface area (Å²) in [5.41, 5.74) is 2.04. The molecule has 0 radical (unpaired) electrons. The van der Waals surface area contributed by atoms with Crippen molar-refractivity contribution in [3.05, 3.63) is 27.7 Å². The quantitative estimate of drug-likeness (QED) is 0.831. The lowest BCUT2D eigenvalue weighted by molar-refractivity contribution is 0.154. The molecule has 0 atom stereocenters. The number of carbonyl (C=O) groups is 1. The number of piperazine rings is 1. The van der Waals surface area contributed by atoms with Crippen molar-refractivity contribution < 1.29 is 4.79 Å². The van der Waals surface area contributed by atoms with Crippen LogP contribution in [0.25, 0.3) is 0 Å². The molecule has 2 heterocycles. The summed E-state index contributed by atoms with van der Waals surface area (Å²) in [4.78, 5) is 28.0. The summed E-state index contributed by atoms with van der Waals surface area (Å²) in [5, 5.41) is 7.28. The van der Waals surface area contributed by atoms with E-state index in [4.69, 9.17) is 0 Å². The molecule has 0 spiro atoms. The van der Waals surface area contributed by atoms with Crippen LogP contribution in [-0.2, 0) is 19.4 Å². The largest absolute Gasteiger partial charge is 0.336 e. The number of hydrogen-bond acceptors (Lipinski definition) is 4. The Morgan fingerprint density at radius 2 is 2.05 bits per heavy atom. The third-order valence-corrected chi connectivity index (χ3v) is 4.41. The van der Waals surface area contributed by atoms with Gasteiger partial charge in [-0.25, -0.2) is 9.48 Å². The molecule has 22 heavy (non-hydrogen) atoms. The van der Waals surface area contributed by atoms with E-state index < -0.39 is 0 Å². The van der Waals surface area contributed by atoms with E-state index in [1.807, 2.05) is 4.90 Å². The highest BCUT2D eigenvalue weighted by atomic mass is 16.2. The van der Waals surface area contributed by atoms with Crippen LogP contribution < -0.4 is 10.9 Å². The molecule has 1 aliphatic heterocycles. The van der Waals surface area contributed by atoms with Crippen molar-refractivity contribution in [3.8, 4) is 0 Å². The fraction of sp³-hybridized carbons (Fsp3) is 0.667. The highest BCUT2D eigenvalue weighted by molar-refractivity contribution is 5.74. The van der Waals surface area contributed by atoms with E-state index in [9.17, 15) is 9.59 Å². The zero-order valence-electron chi connectivity index (χ0n) is 13.0. The standard InChI is InChI=1S/C15H23N5O2/c1-18-7-9-19(10-8-18)15(22)16-5-6-20-14(21)11-12-3-2-4-13(12)17-20/h11H,2-10H2,1H3,(H,16,22). The molecule has 1 N–H and O–H groups in total. The fourth-order valence-corrected chi connectivity index (χ4v) is 2.99. The third-order valence-electron chi connectivity index (χ3n) is 4.41. The average molecular weight is 305 g/mol. The summed E-state index contributed by atoms with van der Waals surface area (Å²) >= 11 is 0. The third kappa shape index (κ3) is 3.30. The Hall–Kier alpha value is -1.89. The van der Waals surface area contributed by atoms with Crippen molar-refractivity contribution in [2.45, 2.75) is 25.8 Å². The SMILES string of the molecule is CN1CCN(C(=O)NCCn2nc3c(cc2=O)CCC3)CC1. The first-order chi connectivity index (χ1) is 10.6. The smallest absolute Gasteiger partial charge is 0.317 e. The Morgan fingerprint density at radius 3 is 2.82 bits per heavy atom. The number of nitrogens with zero attached hydrogens (tertiary/aromatic N) is 4. The van der Waals surface area contributed by atoms with Crippen LogP contribution in [0.4, 0.5) is 4.79 Å². The molecule has 120 valence electrons. The molecule has 0 saturated carbocycles. The van der Waals surface area contributed by atoms with Crippen LogP contribution >= 0.6 is 0 Å². The molecular formula is C15H23N5O2. The zero-order chi connectivity index (χ0) is 15.5. The van der Waals surface area contributed by atoms with Gasteiger partial charge in [0.25, 0.3) is 5.56 Å².